The molecule has 0 atom stereocenters. The minimum absolute atomic E-state index is 0.181. The van der Waals surface area contributed by atoms with Crippen LogP contribution in [-0.2, 0) is 5.41 Å². The zero-order valence-corrected chi connectivity index (χ0v) is 12.8. The van der Waals surface area contributed by atoms with Crippen molar-refractivity contribution >= 4 is 21.6 Å². The molecule has 5 heteroatoms. The first-order valence-electron chi connectivity index (χ1n) is 6.97. The van der Waals surface area contributed by atoms with Crippen molar-refractivity contribution in [2.75, 3.05) is 13.1 Å². The highest BCUT2D eigenvalue weighted by atomic mass is 79.9. The molecule has 2 aromatic rings. The summed E-state index contributed by atoms with van der Waals surface area (Å²) in [5.41, 5.74) is 1.12. The Hall–Kier alpha value is -0.940. The van der Waals surface area contributed by atoms with E-state index in [0.717, 1.165) is 41.9 Å². The Morgan fingerprint density at radius 3 is 2.84 bits per heavy atom. The van der Waals surface area contributed by atoms with Gasteiger partial charge in [0.25, 0.3) is 0 Å². The summed E-state index contributed by atoms with van der Waals surface area (Å²) in [7, 11) is 0. The highest BCUT2D eigenvalue weighted by molar-refractivity contribution is 9.10. The molecule has 3 heterocycles. The summed E-state index contributed by atoms with van der Waals surface area (Å²) in [4.78, 5) is 0. The van der Waals surface area contributed by atoms with Crippen molar-refractivity contribution in [3.63, 3.8) is 0 Å². The number of pyridine rings is 1. The van der Waals surface area contributed by atoms with Gasteiger partial charge in [0.1, 0.15) is 5.82 Å². The van der Waals surface area contributed by atoms with Crippen LogP contribution < -0.4 is 5.32 Å². The number of hydrogen-bond acceptors (Lipinski definition) is 3. The lowest BCUT2D eigenvalue weighted by Gasteiger charge is -2.36. The normalized spacial score (nSPS) is 18.8. The quantitative estimate of drug-likeness (QED) is 0.944. The third-order valence-corrected chi connectivity index (χ3v) is 4.60. The number of hydrogen-bond donors (Lipinski definition) is 1. The van der Waals surface area contributed by atoms with Crippen LogP contribution in [0.1, 0.15) is 38.4 Å². The van der Waals surface area contributed by atoms with E-state index in [-0.39, 0.29) is 5.41 Å². The van der Waals surface area contributed by atoms with Gasteiger partial charge in [-0.3, -0.25) is 4.40 Å². The van der Waals surface area contributed by atoms with E-state index in [1.54, 1.807) is 0 Å². The molecule has 2 aromatic heterocycles. The molecule has 0 spiro atoms. The van der Waals surface area contributed by atoms with Gasteiger partial charge in [0.15, 0.2) is 5.65 Å². The third kappa shape index (κ3) is 2.30. The summed E-state index contributed by atoms with van der Waals surface area (Å²) in [6.07, 6.45) is 6.75. The minimum Gasteiger partial charge on any atom is -0.317 e. The highest BCUT2D eigenvalue weighted by Gasteiger charge is 2.37. The molecular formula is C14H19BrN4. The molecule has 0 aromatic carbocycles. The van der Waals surface area contributed by atoms with E-state index in [9.17, 15) is 0 Å². The molecule has 0 unspecified atom stereocenters. The Morgan fingerprint density at radius 2 is 2.11 bits per heavy atom. The SMILES string of the molecule is CCCC1(c2nnc3ccc(Br)cn23)CCNCC1. The second kappa shape index (κ2) is 5.21. The maximum atomic E-state index is 4.52. The molecule has 0 aliphatic carbocycles. The van der Waals surface area contributed by atoms with Crippen LogP contribution in [0.2, 0.25) is 0 Å². The van der Waals surface area contributed by atoms with Gasteiger partial charge in [0.05, 0.1) is 0 Å². The van der Waals surface area contributed by atoms with E-state index in [1.807, 2.05) is 12.1 Å². The Balaban J connectivity index is 2.11. The van der Waals surface area contributed by atoms with Crippen LogP contribution in [0, 0.1) is 0 Å². The van der Waals surface area contributed by atoms with Gasteiger partial charge < -0.3 is 5.32 Å². The van der Waals surface area contributed by atoms with Crippen molar-refractivity contribution in [3.8, 4) is 0 Å². The molecule has 1 N–H and O–H groups in total. The average molecular weight is 323 g/mol. The standard InChI is InChI=1S/C14H19BrN4/c1-2-5-14(6-8-16-9-7-14)13-18-17-12-4-3-11(15)10-19(12)13/h3-4,10,16H,2,5-9H2,1H3. The average Bonchev–Trinajstić information content (AvgIpc) is 2.83. The zero-order valence-electron chi connectivity index (χ0n) is 11.2. The zero-order chi connectivity index (χ0) is 13.3. The topological polar surface area (TPSA) is 42.2 Å². The second-order valence-corrected chi connectivity index (χ2v) is 6.30. The Kier molecular flexibility index (Phi) is 3.58. The number of aromatic nitrogens is 3. The lowest BCUT2D eigenvalue weighted by molar-refractivity contribution is 0.268. The van der Waals surface area contributed by atoms with E-state index in [0.29, 0.717) is 0 Å². The lowest BCUT2D eigenvalue weighted by Crippen LogP contribution is -2.41. The minimum atomic E-state index is 0.181. The molecule has 1 aliphatic rings. The Morgan fingerprint density at radius 1 is 1.32 bits per heavy atom. The van der Waals surface area contributed by atoms with E-state index < -0.39 is 0 Å². The second-order valence-electron chi connectivity index (χ2n) is 5.38. The van der Waals surface area contributed by atoms with Crippen LogP contribution in [0.25, 0.3) is 5.65 Å². The molecular weight excluding hydrogens is 304 g/mol. The molecule has 0 saturated carbocycles. The molecule has 0 amide bonds. The first-order chi connectivity index (χ1) is 9.25. The van der Waals surface area contributed by atoms with Gasteiger partial charge >= 0.3 is 0 Å². The van der Waals surface area contributed by atoms with Crippen molar-refractivity contribution < 1.29 is 0 Å². The van der Waals surface area contributed by atoms with Crippen LogP contribution in [-0.4, -0.2) is 27.7 Å². The predicted molar refractivity (Wildman–Crippen MR) is 79.4 cm³/mol. The van der Waals surface area contributed by atoms with Crippen LogP contribution >= 0.6 is 15.9 Å². The summed E-state index contributed by atoms with van der Waals surface area (Å²) < 4.78 is 3.23. The van der Waals surface area contributed by atoms with Crippen LogP contribution in [0.3, 0.4) is 0 Å². The fraction of sp³-hybridized carbons (Fsp3) is 0.571. The molecule has 4 nitrogen and oxygen atoms in total. The van der Waals surface area contributed by atoms with E-state index >= 15 is 0 Å². The fourth-order valence-electron chi connectivity index (χ4n) is 3.20. The highest BCUT2D eigenvalue weighted by Crippen LogP contribution is 2.37. The van der Waals surface area contributed by atoms with Gasteiger partial charge in [-0.1, -0.05) is 13.3 Å². The first kappa shape index (κ1) is 13.1. The maximum Gasteiger partial charge on any atom is 0.160 e. The Labute approximate surface area is 121 Å². The van der Waals surface area contributed by atoms with E-state index in [4.69, 9.17) is 0 Å². The predicted octanol–water partition coefficient (Wildman–Crippen LogP) is 2.91. The summed E-state index contributed by atoms with van der Waals surface area (Å²) in [6, 6.07) is 4.03. The monoisotopic (exact) mass is 322 g/mol. The van der Waals surface area contributed by atoms with Gasteiger partial charge in [-0.15, -0.1) is 10.2 Å². The third-order valence-electron chi connectivity index (χ3n) is 4.13. The van der Waals surface area contributed by atoms with Gasteiger partial charge in [0.2, 0.25) is 0 Å². The van der Waals surface area contributed by atoms with Gasteiger partial charge in [0, 0.05) is 16.1 Å². The van der Waals surface area contributed by atoms with Gasteiger partial charge in [-0.05, 0) is 60.4 Å². The number of rotatable bonds is 3. The number of nitrogens with zero attached hydrogens (tertiary/aromatic N) is 3. The van der Waals surface area contributed by atoms with Gasteiger partial charge in [-0.2, -0.15) is 0 Å². The summed E-state index contributed by atoms with van der Waals surface area (Å²) in [5, 5.41) is 12.3. The molecule has 19 heavy (non-hydrogen) atoms. The molecule has 102 valence electrons. The van der Waals surface area contributed by atoms with Crippen molar-refractivity contribution in [3.05, 3.63) is 28.6 Å². The fourth-order valence-corrected chi connectivity index (χ4v) is 3.53. The van der Waals surface area contributed by atoms with Crippen molar-refractivity contribution in [2.45, 2.75) is 38.0 Å². The molecule has 1 aliphatic heterocycles. The summed E-state index contributed by atoms with van der Waals surface area (Å²) in [6.45, 7) is 4.40. The smallest absolute Gasteiger partial charge is 0.160 e. The van der Waals surface area contributed by atoms with Crippen molar-refractivity contribution in [1.82, 2.24) is 19.9 Å². The van der Waals surface area contributed by atoms with Crippen LogP contribution in [0.4, 0.5) is 0 Å². The molecule has 0 bridgehead atoms. The largest absolute Gasteiger partial charge is 0.317 e. The summed E-state index contributed by atoms with van der Waals surface area (Å²) in [5.74, 6) is 1.13. The number of nitrogens with one attached hydrogen (secondary N) is 1. The van der Waals surface area contributed by atoms with Crippen molar-refractivity contribution in [2.24, 2.45) is 0 Å². The summed E-state index contributed by atoms with van der Waals surface area (Å²) >= 11 is 3.54. The molecule has 0 radical (unpaired) electrons. The molecule has 1 fully saturated rings. The number of piperidine rings is 1. The van der Waals surface area contributed by atoms with E-state index in [1.165, 1.54) is 12.8 Å². The lowest BCUT2D eigenvalue weighted by atomic mass is 9.74. The maximum absolute atomic E-state index is 4.52. The number of fused-ring (bicyclic) bond motifs is 1. The van der Waals surface area contributed by atoms with Crippen LogP contribution in [0.15, 0.2) is 22.8 Å². The van der Waals surface area contributed by atoms with Gasteiger partial charge in [-0.25, -0.2) is 0 Å². The molecule has 3 rings (SSSR count). The Bertz CT molecular complexity index is 566. The molecule has 1 saturated heterocycles. The van der Waals surface area contributed by atoms with Crippen LogP contribution in [0.5, 0.6) is 0 Å². The van der Waals surface area contributed by atoms with E-state index in [2.05, 4.69) is 49.0 Å². The number of halogens is 1. The van der Waals surface area contributed by atoms with Crippen molar-refractivity contribution in [1.29, 1.82) is 0 Å². The first-order valence-corrected chi connectivity index (χ1v) is 7.76.